The first-order valence-electron chi connectivity index (χ1n) is 7.93. The molecule has 0 atom stereocenters. The summed E-state index contributed by atoms with van der Waals surface area (Å²) in [7, 11) is 0. The van der Waals surface area contributed by atoms with Crippen LogP contribution in [0.25, 0.3) is 0 Å². The van der Waals surface area contributed by atoms with Crippen molar-refractivity contribution < 1.29 is 14.3 Å². The average Bonchev–Trinajstić information content (AvgIpc) is 2.74. The Bertz CT molecular complexity index is 810. The van der Waals surface area contributed by atoms with Crippen molar-refractivity contribution in [1.82, 2.24) is 15.2 Å². The number of carbonyl (C=O) groups is 2. The molecule has 1 N–H and O–H groups in total. The number of nitrogens with zero attached hydrogens (tertiary/aromatic N) is 2. The van der Waals surface area contributed by atoms with Gasteiger partial charge < -0.3 is 15.0 Å². The summed E-state index contributed by atoms with van der Waals surface area (Å²) in [6.45, 7) is 2.89. The van der Waals surface area contributed by atoms with Crippen molar-refractivity contribution in [2.75, 3.05) is 19.7 Å². The highest BCUT2D eigenvalue weighted by molar-refractivity contribution is 6.30. The monoisotopic (exact) mass is 359 g/mol. The fourth-order valence-corrected chi connectivity index (χ4v) is 2.86. The minimum atomic E-state index is -0.201. The van der Waals surface area contributed by atoms with Crippen LogP contribution >= 0.6 is 11.6 Å². The number of hydrogen-bond donors (Lipinski definition) is 1. The van der Waals surface area contributed by atoms with E-state index in [-0.39, 0.29) is 18.4 Å². The van der Waals surface area contributed by atoms with E-state index in [4.69, 9.17) is 16.3 Å². The van der Waals surface area contributed by atoms with Crippen LogP contribution in [-0.2, 0) is 11.3 Å². The number of aromatic nitrogens is 1. The standard InChI is InChI=1S/C18H18ClN3O3/c1-12-15(3-2-6-20-12)18(24)21-7-8-22-10-13-9-14(19)4-5-16(13)25-11-17(22)23/h2-6,9H,7-8,10-11H2,1H3,(H,21,24). The zero-order chi connectivity index (χ0) is 17.8. The van der Waals surface area contributed by atoms with Crippen molar-refractivity contribution in [1.29, 1.82) is 0 Å². The lowest BCUT2D eigenvalue weighted by atomic mass is 10.2. The number of carbonyl (C=O) groups excluding carboxylic acids is 2. The second-order valence-corrected chi connectivity index (χ2v) is 6.18. The molecule has 130 valence electrons. The molecule has 0 saturated heterocycles. The Hall–Kier alpha value is -2.60. The fourth-order valence-electron chi connectivity index (χ4n) is 2.66. The maximum Gasteiger partial charge on any atom is 0.260 e. The van der Waals surface area contributed by atoms with E-state index >= 15 is 0 Å². The number of pyridine rings is 1. The number of halogens is 1. The summed E-state index contributed by atoms with van der Waals surface area (Å²) >= 11 is 6.02. The molecule has 0 saturated carbocycles. The Kier molecular flexibility index (Phi) is 5.19. The van der Waals surface area contributed by atoms with Crippen LogP contribution in [0.5, 0.6) is 5.75 Å². The van der Waals surface area contributed by atoms with E-state index in [0.717, 1.165) is 5.56 Å². The van der Waals surface area contributed by atoms with E-state index in [9.17, 15) is 9.59 Å². The quantitative estimate of drug-likeness (QED) is 0.908. The van der Waals surface area contributed by atoms with Gasteiger partial charge in [-0.25, -0.2) is 0 Å². The fraction of sp³-hybridized carbons (Fsp3) is 0.278. The third-order valence-electron chi connectivity index (χ3n) is 4.01. The van der Waals surface area contributed by atoms with Crippen LogP contribution in [0.2, 0.25) is 5.02 Å². The molecule has 2 amide bonds. The lowest BCUT2D eigenvalue weighted by Crippen LogP contribution is -2.39. The Morgan fingerprint density at radius 3 is 3.04 bits per heavy atom. The summed E-state index contributed by atoms with van der Waals surface area (Å²) in [4.78, 5) is 30.2. The zero-order valence-corrected chi connectivity index (χ0v) is 14.5. The predicted octanol–water partition coefficient (Wildman–Crippen LogP) is 2.19. The Balaban J connectivity index is 1.61. The van der Waals surface area contributed by atoms with Gasteiger partial charge in [0.05, 0.1) is 5.56 Å². The number of amides is 2. The molecule has 6 nitrogen and oxygen atoms in total. The first-order chi connectivity index (χ1) is 12.0. The zero-order valence-electron chi connectivity index (χ0n) is 13.8. The van der Waals surface area contributed by atoms with Gasteiger partial charge in [0, 0.05) is 42.1 Å². The predicted molar refractivity (Wildman–Crippen MR) is 93.7 cm³/mol. The number of benzene rings is 1. The molecule has 0 spiro atoms. The molecule has 0 fully saturated rings. The van der Waals surface area contributed by atoms with Crippen LogP contribution in [0.4, 0.5) is 0 Å². The lowest BCUT2D eigenvalue weighted by molar-refractivity contribution is -0.133. The topological polar surface area (TPSA) is 71.5 Å². The largest absolute Gasteiger partial charge is 0.483 e. The SMILES string of the molecule is Cc1ncccc1C(=O)NCCN1Cc2cc(Cl)ccc2OCC1=O. The normalized spacial score (nSPS) is 13.7. The van der Waals surface area contributed by atoms with E-state index in [1.54, 1.807) is 48.4 Å². The maximum absolute atomic E-state index is 12.2. The Morgan fingerprint density at radius 2 is 2.24 bits per heavy atom. The van der Waals surface area contributed by atoms with Gasteiger partial charge in [-0.1, -0.05) is 11.6 Å². The smallest absolute Gasteiger partial charge is 0.260 e. The molecule has 1 aliphatic heterocycles. The first kappa shape index (κ1) is 17.2. The number of fused-ring (bicyclic) bond motifs is 1. The number of nitrogens with one attached hydrogen (secondary N) is 1. The molecule has 0 bridgehead atoms. The van der Waals surface area contributed by atoms with Crippen molar-refractivity contribution in [2.45, 2.75) is 13.5 Å². The average molecular weight is 360 g/mol. The highest BCUT2D eigenvalue weighted by atomic mass is 35.5. The van der Waals surface area contributed by atoms with E-state index < -0.39 is 0 Å². The second kappa shape index (κ2) is 7.53. The van der Waals surface area contributed by atoms with Gasteiger partial charge in [0.15, 0.2) is 6.61 Å². The van der Waals surface area contributed by atoms with Gasteiger partial charge in [0.25, 0.3) is 11.8 Å². The number of ether oxygens (including phenoxy) is 1. The van der Waals surface area contributed by atoms with Crippen molar-refractivity contribution >= 4 is 23.4 Å². The van der Waals surface area contributed by atoms with E-state index in [2.05, 4.69) is 10.3 Å². The van der Waals surface area contributed by atoms with Crippen molar-refractivity contribution in [3.05, 3.63) is 58.4 Å². The summed E-state index contributed by atoms with van der Waals surface area (Å²) in [6.07, 6.45) is 1.64. The van der Waals surface area contributed by atoms with Crippen molar-refractivity contribution in [3.8, 4) is 5.75 Å². The van der Waals surface area contributed by atoms with Gasteiger partial charge in [0.2, 0.25) is 0 Å². The van der Waals surface area contributed by atoms with E-state index in [0.29, 0.717) is 41.7 Å². The molecule has 0 radical (unpaired) electrons. The van der Waals surface area contributed by atoms with Crippen LogP contribution < -0.4 is 10.1 Å². The van der Waals surface area contributed by atoms with Gasteiger partial charge in [-0.3, -0.25) is 14.6 Å². The first-order valence-corrected chi connectivity index (χ1v) is 8.31. The summed E-state index contributed by atoms with van der Waals surface area (Å²) in [6, 6.07) is 8.73. The maximum atomic E-state index is 12.2. The molecule has 2 heterocycles. The highest BCUT2D eigenvalue weighted by Crippen LogP contribution is 2.26. The van der Waals surface area contributed by atoms with E-state index in [1.165, 1.54) is 0 Å². The van der Waals surface area contributed by atoms with Crippen molar-refractivity contribution in [2.24, 2.45) is 0 Å². The summed E-state index contributed by atoms with van der Waals surface area (Å²) < 4.78 is 5.51. The van der Waals surface area contributed by atoms with E-state index in [1.807, 2.05) is 0 Å². The van der Waals surface area contributed by atoms with Crippen LogP contribution in [0.1, 0.15) is 21.6 Å². The minimum absolute atomic E-state index is 0.0235. The summed E-state index contributed by atoms with van der Waals surface area (Å²) in [5.41, 5.74) is 2.06. The van der Waals surface area contributed by atoms with Gasteiger partial charge in [-0.15, -0.1) is 0 Å². The van der Waals surface area contributed by atoms with Crippen LogP contribution in [0.15, 0.2) is 36.5 Å². The molecular weight excluding hydrogens is 342 g/mol. The molecule has 2 aromatic rings. The molecular formula is C18H18ClN3O3. The molecule has 25 heavy (non-hydrogen) atoms. The van der Waals surface area contributed by atoms with Gasteiger partial charge in [-0.2, -0.15) is 0 Å². The number of rotatable bonds is 4. The van der Waals surface area contributed by atoms with Gasteiger partial charge in [-0.05, 0) is 37.3 Å². The molecule has 1 aromatic carbocycles. The Labute approximate surface area is 150 Å². The Morgan fingerprint density at radius 1 is 1.40 bits per heavy atom. The number of hydrogen-bond acceptors (Lipinski definition) is 4. The summed E-state index contributed by atoms with van der Waals surface area (Å²) in [5, 5.41) is 3.42. The molecule has 0 unspecified atom stereocenters. The highest BCUT2D eigenvalue weighted by Gasteiger charge is 2.21. The molecule has 7 heteroatoms. The van der Waals surface area contributed by atoms with Crippen LogP contribution in [0.3, 0.4) is 0 Å². The lowest BCUT2D eigenvalue weighted by Gasteiger charge is -2.20. The summed E-state index contributed by atoms with van der Waals surface area (Å²) in [5.74, 6) is 0.335. The van der Waals surface area contributed by atoms with Crippen molar-refractivity contribution in [3.63, 3.8) is 0 Å². The van der Waals surface area contributed by atoms with Crippen LogP contribution in [0, 0.1) is 6.92 Å². The molecule has 0 aliphatic carbocycles. The third kappa shape index (κ3) is 4.09. The minimum Gasteiger partial charge on any atom is -0.483 e. The van der Waals surface area contributed by atoms with Gasteiger partial charge in [0.1, 0.15) is 5.75 Å². The second-order valence-electron chi connectivity index (χ2n) is 5.75. The molecule has 1 aliphatic rings. The number of aryl methyl sites for hydroxylation is 1. The third-order valence-corrected chi connectivity index (χ3v) is 4.24. The van der Waals surface area contributed by atoms with Crippen LogP contribution in [-0.4, -0.2) is 41.4 Å². The molecule has 1 aromatic heterocycles. The van der Waals surface area contributed by atoms with Gasteiger partial charge >= 0.3 is 0 Å². The molecule has 3 rings (SSSR count).